The Hall–Kier alpha value is -1.91. The van der Waals surface area contributed by atoms with Gasteiger partial charge < -0.3 is 10.4 Å². The number of nitrogens with zero attached hydrogens (tertiary/aromatic N) is 3. The fourth-order valence-electron chi connectivity index (χ4n) is 2.60. The molecule has 0 aliphatic carbocycles. The second kappa shape index (κ2) is 7.77. The Morgan fingerprint density at radius 3 is 2.73 bits per heavy atom. The van der Waals surface area contributed by atoms with Crippen molar-refractivity contribution in [3.63, 3.8) is 0 Å². The molecule has 0 fully saturated rings. The summed E-state index contributed by atoms with van der Waals surface area (Å²) in [4.78, 5) is 29.4. The van der Waals surface area contributed by atoms with Crippen molar-refractivity contribution in [2.75, 3.05) is 11.9 Å². The summed E-state index contributed by atoms with van der Waals surface area (Å²) in [6, 6.07) is 6.80. The molecular formula is C17H16ClIN4O3. The van der Waals surface area contributed by atoms with Crippen LogP contribution in [0.15, 0.2) is 40.2 Å². The fraction of sp³-hybridized carbons (Fsp3) is 0.235. The zero-order valence-corrected chi connectivity index (χ0v) is 16.8. The maximum atomic E-state index is 12.9. The summed E-state index contributed by atoms with van der Waals surface area (Å²) < 4.78 is 3.72. The van der Waals surface area contributed by atoms with Crippen LogP contribution in [0.25, 0.3) is 11.0 Å². The predicted octanol–water partition coefficient (Wildman–Crippen LogP) is 2.48. The van der Waals surface area contributed by atoms with Crippen molar-refractivity contribution in [3.05, 3.63) is 59.9 Å². The van der Waals surface area contributed by atoms with E-state index in [0.29, 0.717) is 34.7 Å². The van der Waals surface area contributed by atoms with Crippen LogP contribution in [0.3, 0.4) is 0 Å². The monoisotopic (exact) mass is 486 g/mol. The van der Waals surface area contributed by atoms with Crippen LogP contribution in [0.1, 0.15) is 6.42 Å². The van der Waals surface area contributed by atoms with Gasteiger partial charge in [0.1, 0.15) is 5.39 Å². The fourth-order valence-corrected chi connectivity index (χ4v) is 3.51. The number of pyridine rings is 1. The standard InChI is InChI=1S/C17H16ClIN4O3/c1-22-14(25)8-13(21-12-4-3-10(19)7-11(12)18)15-16(22)20-9-23(17(15)26)5-2-6-24/h3-4,7-9,21,24H,2,5-6H2,1H3. The molecule has 3 rings (SSSR count). The van der Waals surface area contributed by atoms with E-state index in [1.807, 2.05) is 6.07 Å². The molecule has 2 heterocycles. The number of aromatic nitrogens is 3. The quantitative estimate of drug-likeness (QED) is 0.541. The lowest BCUT2D eigenvalue weighted by Crippen LogP contribution is -2.26. The van der Waals surface area contributed by atoms with E-state index in [1.54, 1.807) is 19.2 Å². The predicted molar refractivity (Wildman–Crippen MR) is 110 cm³/mol. The molecule has 1 aromatic carbocycles. The molecule has 0 saturated heterocycles. The van der Waals surface area contributed by atoms with Crippen molar-refractivity contribution < 1.29 is 5.11 Å². The molecule has 0 aliphatic rings. The maximum absolute atomic E-state index is 12.9. The van der Waals surface area contributed by atoms with E-state index >= 15 is 0 Å². The summed E-state index contributed by atoms with van der Waals surface area (Å²) in [6.07, 6.45) is 1.83. The third-order valence-corrected chi connectivity index (χ3v) is 4.94. The average molecular weight is 487 g/mol. The van der Waals surface area contributed by atoms with E-state index in [9.17, 15) is 9.59 Å². The molecule has 7 nitrogen and oxygen atoms in total. The molecular weight excluding hydrogens is 471 g/mol. The van der Waals surface area contributed by atoms with Gasteiger partial charge in [-0.1, -0.05) is 11.6 Å². The Kier molecular flexibility index (Phi) is 5.64. The molecule has 0 atom stereocenters. The molecule has 2 aromatic heterocycles. The molecule has 0 unspecified atom stereocenters. The van der Waals surface area contributed by atoms with Crippen LogP contribution in [0, 0.1) is 3.57 Å². The highest BCUT2D eigenvalue weighted by Crippen LogP contribution is 2.28. The number of hydrogen-bond acceptors (Lipinski definition) is 5. The van der Waals surface area contributed by atoms with Gasteiger partial charge in [-0.15, -0.1) is 0 Å². The number of aliphatic hydroxyl groups excluding tert-OH is 1. The summed E-state index contributed by atoms with van der Waals surface area (Å²) in [6.45, 7) is 0.311. The van der Waals surface area contributed by atoms with Gasteiger partial charge in [0.25, 0.3) is 11.1 Å². The third-order valence-electron chi connectivity index (χ3n) is 3.96. The van der Waals surface area contributed by atoms with Gasteiger partial charge >= 0.3 is 0 Å². The lowest BCUT2D eigenvalue weighted by atomic mass is 10.2. The minimum atomic E-state index is -0.290. The van der Waals surface area contributed by atoms with Crippen LogP contribution in [0.4, 0.5) is 11.4 Å². The summed E-state index contributed by atoms with van der Waals surface area (Å²) in [5, 5.41) is 12.9. The second-order valence-electron chi connectivity index (χ2n) is 5.72. The largest absolute Gasteiger partial charge is 0.396 e. The van der Waals surface area contributed by atoms with E-state index in [0.717, 1.165) is 3.57 Å². The van der Waals surface area contributed by atoms with Gasteiger partial charge in [-0.05, 0) is 47.2 Å². The van der Waals surface area contributed by atoms with Crippen molar-refractivity contribution in [2.24, 2.45) is 7.05 Å². The Balaban J connectivity index is 2.21. The van der Waals surface area contributed by atoms with E-state index < -0.39 is 0 Å². The van der Waals surface area contributed by atoms with Crippen LogP contribution in [-0.4, -0.2) is 25.8 Å². The van der Waals surface area contributed by atoms with Crippen molar-refractivity contribution in [1.82, 2.24) is 14.1 Å². The summed E-state index contributed by atoms with van der Waals surface area (Å²) in [7, 11) is 1.57. The summed E-state index contributed by atoms with van der Waals surface area (Å²) in [5.74, 6) is 0. The van der Waals surface area contributed by atoms with Crippen LogP contribution < -0.4 is 16.4 Å². The average Bonchev–Trinajstić information content (AvgIpc) is 2.60. The first kappa shape index (κ1) is 18.9. The number of fused-ring (bicyclic) bond motifs is 1. The zero-order chi connectivity index (χ0) is 18.8. The summed E-state index contributed by atoms with van der Waals surface area (Å²) >= 11 is 8.41. The molecule has 136 valence electrons. The van der Waals surface area contributed by atoms with Gasteiger partial charge in [-0.3, -0.25) is 18.7 Å². The highest BCUT2D eigenvalue weighted by Gasteiger charge is 2.15. The molecule has 2 N–H and O–H groups in total. The normalized spacial score (nSPS) is 11.1. The highest BCUT2D eigenvalue weighted by molar-refractivity contribution is 14.1. The highest BCUT2D eigenvalue weighted by atomic mass is 127. The van der Waals surface area contributed by atoms with Crippen molar-refractivity contribution >= 4 is 56.6 Å². The maximum Gasteiger partial charge on any atom is 0.264 e. The van der Waals surface area contributed by atoms with Crippen molar-refractivity contribution in [1.29, 1.82) is 0 Å². The first-order valence-electron chi connectivity index (χ1n) is 7.84. The first-order valence-corrected chi connectivity index (χ1v) is 9.30. The molecule has 0 amide bonds. The molecule has 0 bridgehead atoms. The van der Waals surface area contributed by atoms with Gasteiger partial charge in [0.2, 0.25) is 0 Å². The minimum absolute atomic E-state index is 0.0267. The Morgan fingerprint density at radius 2 is 2.04 bits per heavy atom. The topological polar surface area (TPSA) is 89.2 Å². The van der Waals surface area contributed by atoms with E-state index in [-0.39, 0.29) is 23.4 Å². The van der Waals surface area contributed by atoms with Crippen LogP contribution in [0.2, 0.25) is 5.02 Å². The summed E-state index contributed by atoms with van der Waals surface area (Å²) in [5.41, 5.74) is 0.644. The van der Waals surface area contributed by atoms with Crippen molar-refractivity contribution in [2.45, 2.75) is 13.0 Å². The number of anilines is 2. The number of rotatable bonds is 5. The van der Waals surface area contributed by atoms with Crippen LogP contribution >= 0.6 is 34.2 Å². The van der Waals surface area contributed by atoms with Crippen LogP contribution in [0.5, 0.6) is 0 Å². The number of halogens is 2. The van der Waals surface area contributed by atoms with E-state index in [4.69, 9.17) is 16.7 Å². The minimum Gasteiger partial charge on any atom is -0.396 e. The number of aliphatic hydroxyl groups is 1. The molecule has 0 radical (unpaired) electrons. The Morgan fingerprint density at radius 1 is 1.27 bits per heavy atom. The number of nitrogens with one attached hydrogen (secondary N) is 1. The zero-order valence-electron chi connectivity index (χ0n) is 13.9. The lowest BCUT2D eigenvalue weighted by Gasteiger charge is -2.14. The molecule has 0 aliphatic heterocycles. The molecule has 9 heteroatoms. The number of hydrogen-bond donors (Lipinski definition) is 2. The molecule has 0 spiro atoms. The lowest BCUT2D eigenvalue weighted by molar-refractivity contribution is 0.279. The Labute approximate surface area is 167 Å². The van der Waals surface area contributed by atoms with Gasteiger partial charge in [-0.25, -0.2) is 4.98 Å². The number of aryl methyl sites for hydroxylation is 2. The number of benzene rings is 1. The SMILES string of the molecule is Cn1c(=O)cc(Nc2ccc(I)cc2Cl)c2c(=O)n(CCCO)cnc21. The van der Waals surface area contributed by atoms with E-state index in [2.05, 4.69) is 32.9 Å². The third kappa shape index (κ3) is 3.62. The van der Waals surface area contributed by atoms with Crippen LogP contribution in [-0.2, 0) is 13.6 Å². The Bertz CT molecular complexity index is 1090. The van der Waals surface area contributed by atoms with Gasteiger partial charge in [0.15, 0.2) is 5.65 Å². The smallest absolute Gasteiger partial charge is 0.264 e. The molecule has 3 aromatic rings. The van der Waals surface area contributed by atoms with Gasteiger partial charge in [-0.2, -0.15) is 0 Å². The second-order valence-corrected chi connectivity index (χ2v) is 7.38. The van der Waals surface area contributed by atoms with Crippen molar-refractivity contribution in [3.8, 4) is 0 Å². The molecule has 0 saturated carbocycles. The molecule has 26 heavy (non-hydrogen) atoms. The van der Waals surface area contributed by atoms with E-state index in [1.165, 1.54) is 21.5 Å². The van der Waals surface area contributed by atoms with Gasteiger partial charge in [0.05, 0.1) is 22.7 Å². The van der Waals surface area contributed by atoms with Gasteiger partial charge in [0, 0.05) is 29.8 Å². The first-order chi connectivity index (χ1) is 12.4.